The van der Waals surface area contributed by atoms with Crippen molar-refractivity contribution >= 4 is 11.9 Å². The summed E-state index contributed by atoms with van der Waals surface area (Å²) in [5, 5.41) is 8.82. The van der Waals surface area contributed by atoms with Crippen LogP contribution in [0.5, 0.6) is 5.75 Å². The van der Waals surface area contributed by atoms with Gasteiger partial charge in [-0.05, 0) is 37.0 Å². The minimum atomic E-state index is -0.122. The monoisotopic (exact) mass is 446 g/mol. The average Bonchev–Trinajstić information content (AvgIpc) is 2.82. The number of rotatable bonds is 11. The molecular formula is C24H38N4O4. The van der Waals surface area contributed by atoms with Gasteiger partial charge in [0.05, 0.1) is 13.2 Å². The summed E-state index contributed by atoms with van der Waals surface area (Å²) in [6.07, 6.45) is 6.78. The molecule has 3 N–H and O–H groups in total. The van der Waals surface area contributed by atoms with E-state index < -0.39 is 0 Å². The van der Waals surface area contributed by atoms with Gasteiger partial charge >= 0.3 is 6.03 Å². The van der Waals surface area contributed by atoms with Crippen LogP contribution in [0.25, 0.3) is 0 Å². The van der Waals surface area contributed by atoms with Crippen molar-refractivity contribution in [2.45, 2.75) is 57.5 Å². The van der Waals surface area contributed by atoms with Crippen LogP contribution >= 0.6 is 0 Å². The highest BCUT2D eigenvalue weighted by Crippen LogP contribution is 2.17. The minimum absolute atomic E-state index is 0.0156. The summed E-state index contributed by atoms with van der Waals surface area (Å²) in [5.74, 6) is 0.802. The Kier molecular flexibility index (Phi) is 10.6. The predicted octanol–water partition coefficient (Wildman–Crippen LogP) is 2.43. The van der Waals surface area contributed by atoms with E-state index in [2.05, 4.69) is 20.9 Å². The molecule has 1 saturated heterocycles. The van der Waals surface area contributed by atoms with Crippen molar-refractivity contribution in [1.29, 1.82) is 0 Å². The van der Waals surface area contributed by atoms with Crippen molar-refractivity contribution in [3.63, 3.8) is 0 Å². The second kappa shape index (κ2) is 14.0. The van der Waals surface area contributed by atoms with Crippen LogP contribution in [0.15, 0.2) is 24.3 Å². The van der Waals surface area contributed by atoms with Crippen LogP contribution in [0.2, 0.25) is 0 Å². The molecule has 2 fully saturated rings. The van der Waals surface area contributed by atoms with Gasteiger partial charge in [0.15, 0.2) is 0 Å². The molecule has 32 heavy (non-hydrogen) atoms. The van der Waals surface area contributed by atoms with Gasteiger partial charge in [0, 0.05) is 45.2 Å². The Labute approximate surface area is 191 Å². The molecule has 8 nitrogen and oxygen atoms in total. The lowest BCUT2D eigenvalue weighted by Gasteiger charge is -2.26. The fourth-order valence-corrected chi connectivity index (χ4v) is 4.09. The Hall–Kier alpha value is -2.32. The maximum Gasteiger partial charge on any atom is 0.315 e. The van der Waals surface area contributed by atoms with Gasteiger partial charge in [0.25, 0.3) is 0 Å². The highest BCUT2D eigenvalue weighted by Gasteiger charge is 2.15. The number of amides is 3. The first-order valence-electron chi connectivity index (χ1n) is 12.0. The van der Waals surface area contributed by atoms with Gasteiger partial charge in [-0.25, -0.2) is 4.79 Å². The number of benzene rings is 1. The van der Waals surface area contributed by atoms with Crippen molar-refractivity contribution in [1.82, 2.24) is 20.9 Å². The fraction of sp³-hybridized carbons (Fsp3) is 0.667. The zero-order chi connectivity index (χ0) is 22.4. The van der Waals surface area contributed by atoms with E-state index in [0.29, 0.717) is 38.6 Å². The Morgan fingerprint density at radius 3 is 2.72 bits per heavy atom. The SMILES string of the molecule is O=C(CCCNC(=O)NC1CCCCC1)NCc1cccc(OCCN2CCOCC2)c1. The number of nitrogens with one attached hydrogen (secondary N) is 3. The van der Waals surface area contributed by atoms with E-state index in [-0.39, 0.29) is 11.9 Å². The molecular weight excluding hydrogens is 408 g/mol. The molecule has 3 amide bonds. The first kappa shape index (κ1) is 24.3. The molecule has 1 aromatic rings. The van der Waals surface area contributed by atoms with Crippen LogP contribution in [0.3, 0.4) is 0 Å². The maximum absolute atomic E-state index is 12.1. The molecule has 2 aliphatic rings. The summed E-state index contributed by atoms with van der Waals surface area (Å²) < 4.78 is 11.2. The van der Waals surface area contributed by atoms with E-state index >= 15 is 0 Å². The van der Waals surface area contributed by atoms with Crippen molar-refractivity contribution < 1.29 is 19.1 Å². The van der Waals surface area contributed by atoms with E-state index in [1.54, 1.807) is 0 Å². The summed E-state index contributed by atoms with van der Waals surface area (Å²) in [6.45, 7) is 5.98. The Morgan fingerprint density at radius 1 is 1.09 bits per heavy atom. The molecule has 1 saturated carbocycles. The Bertz CT molecular complexity index is 703. The van der Waals surface area contributed by atoms with Gasteiger partial charge in [0.1, 0.15) is 12.4 Å². The van der Waals surface area contributed by atoms with Gasteiger partial charge in [-0.3, -0.25) is 9.69 Å². The summed E-state index contributed by atoms with van der Waals surface area (Å²) in [5.41, 5.74) is 1.01. The van der Waals surface area contributed by atoms with E-state index in [4.69, 9.17) is 9.47 Å². The number of hydrogen-bond acceptors (Lipinski definition) is 5. The predicted molar refractivity (Wildman–Crippen MR) is 124 cm³/mol. The molecule has 0 atom stereocenters. The third-order valence-electron chi connectivity index (χ3n) is 5.97. The molecule has 1 aliphatic heterocycles. The van der Waals surface area contributed by atoms with Gasteiger partial charge in [-0.2, -0.15) is 0 Å². The Morgan fingerprint density at radius 2 is 1.91 bits per heavy atom. The lowest BCUT2D eigenvalue weighted by atomic mass is 9.96. The zero-order valence-corrected chi connectivity index (χ0v) is 19.1. The third-order valence-corrected chi connectivity index (χ3v) is 5.97. The van der Waals surface area contributed by atoms with Gasteiger partial charge in [0.2, 0.25) is 5.91 Å². The molecule has 0 bridgehead atoms. The molecule has 0 spiro atoms. The highest BCUT2D eigenvalue weighted by atomic mass is 16.5. The second-order valence-corrected chi connectivity index (χ2v) is 8.57. The normalized spacial score (nSPS) is 17.5. The van der Waals surface area contributed by atoms with Gasteiger partial charge in [-0.15, -0.1) is 0 Å². The van der Waals surface area contributed by atoms with E-state index in [0.717, 1.165) is 57.0 Å². The molecule has 8 heteroatoms. The lowest BCUT2D eigenvalue weighted by molar-refractivity contribution is -0.121. The van der Waals surface area contributed by atoms with Crippen molar-refractivity contribution in [2.75, 3.05) is 46.0 Å². The van der Waals surface area contributed by atoms with Crippen LogP contribution in [0.4, 0.5) is 4.79 Å². The fourth-order valence-electron chi connectivity index (χ4n) is 4.09. The number of hydrogen-bond donors (Lipinski definition) is 3. The number of carbonyl (C=O) groups is 2. The van der Waals surface area contributed by atoms with Gasteiger partial charge < -0.3 is 25.4 Å². The molecule has 0 radical (unpaired) electrons. The topological polar surface area (TPSA) is 91.9 Å². The second-order valence-electron chi connectivity index (χ2n) is 8.57. The van der Waals surface area contributed by atoms with Crippen LogP contribution in [0.1, 0.15) is 50.5 Å². The van der Waals surface area contributed by atoms with E-state index in [9.17, 15) is 9.59 Å². The molecule has 3 rings (SSSR count). The van der Waals surface area contributed by atoms with Gasteiger partial charge in [-0.1, -0.05) is 31.4 Å². The first-order chi connectivity index (χ1) is 15.7. The van der Waals surface area contributed by atoms with Crippen molar-refractivity contribution in [3.8, 4) is 5.75 Å². The van der Waals surface area contributed by atoms with Crippen LogP contribution < -0.4 is 20.7 Å². The third kappa shape index (κ3) is 9.44. The first-order valence-corrected chi connectivity index (χ1v) is 12.0. The quantitative estimate of drug-likeness (QED) is 0.454. The van der Waals surface area contributed by atoms with Crippen LogP contribution in [-0.4, -0.2) is 68.9 Å². The average molecular weight is 447 g/mol. The summed E-state index contributed by atoms with van der Waals surface area (Å²) in [6, 6.07) is 8.01. The van der Waals surface area contributed by atoms with Crippen molar-refractivity contribution in [2.24, 2.45) is 0 Å². The summed E-state index contributed by atoms with van der Waals surface area (Å²) in [7, 11) is 0. The number of carbonyl (C=O) groups excluding carboxylic acids is 2. The molecule has 0 unspecified atom stereocenters. The zero-order valence-electron chi connectivity index (χ0n) is 19.1. The van der Waals surface area contributed by atoms with Crippen LogP contribution in [-0.2, 0) is 16.1 Å². The molecule has 1 heterocycles. The molecule has 0 aromatic heterocycles. The number of ether oxygens (including phenoxy) is 2. The lowest BCUT2D eigenvalue weighted by Crippen LogP contribution is -2.43. The van der Waals surface area contributed by atoms with Crippen LogP contribution in [0, 0.1) is 0 Å². The highest BCUT2D eigenvalue weighted by molar-refractivity contribution is 5.76. The maximum atomic E-state index is 12.1. The summed E-state index contributed by atoms with van der Waals surface area (Å²) in [4.78, 5) is 26.4. The largest absolute Gasteiger partial charge is 0.492 e. The molecule has 1 aliphatic carbocycles. The minimum Gasteiger partial charge on any atom is -0.492 e. The molecule has 178 valence electrons. The van der Waals surface area contributed by atoms with E-state index in [1.807, 2.05) is 24.3 Å². The standard InChI is InChI=1S/C24H38N4O4/c29-23(10-5-11-25-24(30)27-21-7-2-1-3-8-21)26-19-20-6-4-9-22(18-20)32-17-14-28-12-15-31-16-13-28/h4,6,9,18,21H,1-3,5,7-8,10-17,19H2,(H,26,29)(H2,25,27,30). The summed E-state index contributed by atoms with van der Waals surface area (Å²) >= 11 is 0. The Balaban J connectivity index is 1.25. The smallest absolute Gasteiger partial charge is 0.315 e. The number of morpholine rings is 1. The van der Waals surface area contributed by atoms with E-state index in [1.165, 1.54) is 19.3 Å². The number of nitrogens with zero attached hydrogens (tertiary/aromatic N) is 1. The van der Waals surface area contributed by atoms with Crippen molar-refractivity contribution in [3.05, 3.63) is 29.8 Å². The number of urea groups is 1. The molecule has 1 aromatic carbocycles.